The topological polar surface area (TPSA) is 3.24 Å². The second-order valence-electron chi connectivity index (χ2n) is 6.31. The summed E-state index contributed by atoms with van der Waals surface area (Å²) in [6.07, 6.45) is 12.0. The van der Waals surface area contributed by atoms with Crippen LogP contribution in [0.5, 0.6) is 0 Å². The zero-order chi connectivity index (χ0) is 10.3. The summed E-state index contributed by atoms with van der Waals surface area (Å²) in [7, 11) is 0. The van der Waals surface area contributed by atoms with Gasteiger partial charge in [-0.2, -0.15) is 0 Å². The van der Waals surface area contributed by atoms with Gasteiger partial charge in [-0.05, 0) is 50.4 Å². The summed E-state index contributed by atoms with van der Waals surface area (Å²) in [5.41, 5.74) is 0. The Balaban J connectivity index is 1.59. The highest BCUT2D eigenvalue weighted by atomic mass is 15.2. The largest absolute Gasteiger partial charge is 0.297 e. The third-order valence-corrected chi connectivity index (χ3v) is 5.03. The van der Waals surface area contributed by atoms with Gasteiger partial charge in [0, 0.05) is 18.6 Å². The van der Waals surface area contributed by atoms with Crippen LogP contribution in [0.2, 0.25) is 0 Å². The number of nitrogens with zero attached hydrogens (tertiary/aromatic N) is 1. The van der Waals surface area contributed by atoms with Gasteiger partial charge in [-0.3, -0.25) is 4.90 Å². The lowest BCUT2D eigenvalue weighted by Crippen LogP contribution is -2.52. The molecule has 3 fully saturated rings. The van der Waals surface area contributed by atoms with E-state index in [1.165, 1.54) is 57.9 Å². The maximum absolute atomic E-state index is 2.91. The highest BCUT2D eigenvalue weighted by Crippen LogP contribution is 2.39. The van der Waals surface area contributed by atoms with Crippen LogP contribution in [0.25, 0.3) is 0 Å². The summed E-state index contributed by atoms with van der Waals surface area (Å²) in [6.45, 7) is 3.85. The Morgan fingerprint density at radius 3 is 1.93 bits per heavy atom. The molecule has 0 amide bonds. The first-order valence-electron chi connectivity index (χ1n) is 7.08. The Labute approximate surface area is 94.2 Å². The fourth-order valence-electron chi connectivity index (χ4n) is 4.24. The average molecular weight is 207 g/mol. The smallest absolute Gasteiger partial charge is 0.00983 e. The molecule has 1 heteroatoms. The van der Waals surface area contributed by atoms with Crippen molar-refractivity contribution >= 4 is 0 Å². The highest BCUT2D eigenvalue weighted by Gasteiger charge is 2.37. The third kappa shape index (κ3) is 1.95. The minimum absolute atomic E-state index is 0.980. The van der Waals surface area contributed by atoms with Gasteiger partial charge in [-0.1, -0.05) is 19.8 Å². The minimum Gasteiger partial charge on any atom is -0.297 e. The summed E-state index contributed by atoms with van der Waals surface area (Å²) in [5, 5.41) is 0. The first-order chi connectivity index (χ1) is 7.33. The van der Waals surface area contributed by atoms with Gasteiger partial charge in [-0.25, -0.2) is 0 Å². The summed E-state index contributed by atoms with van der Waals surface area (Å²) in [5.74, 6) is 2.08. The van der Waals surface area contributed by atoms with Gasteiger partial charge in [0.1, 0.15) is 0 Å². The SMILES string of the molecule is CC1CC(CN2C3CCCC2CCC3)C1. The van der Waals surface area contributed by atoms with Gasteiger partial charge in [-0.15, -0.1) is 0 Å². The van der Waals surface area contributed by atoms with Crippen molar-refractivity contribution in [2.45, 2.75) is 70.4 Å². The van der Waals surface area contributed by atoms with E-state index < -0.39 is 0 Å². The zero-order valence-corrected chi connectivity index (χ0v) is 10.1. The van der Waals surface area contributed by atoms with Gasteiger partial charge < -0.3 is 0 Å². The molecule has 2 aliphatic heterocycles. The van der Waals surface area contributed by atoms with Crippen LogP contribution >= 0.6 is 0 Å². The predicted octanol–water partition coefficient (Wildman–Crippen LogP) is 3.44. The molecule has 2 heterocycles. The molecule has 0 N–H and O–H groups in total. The zero-order valence-electron chi connectivity index (χ0n) is 10.1. The Bertz CT molecular complexity index is 197. The maximum Gasteiger partial charge on any atom is 0.00983 e. The molecule has 0 aromatic carbocycles. The normalized spacial score (nSPS) is 46.2. The van der Waals surface area contributed by atoms with E-state index in [2.05, 4.69) is 11.8 Å². The Morgan fingerprint density at radius 2 is 1.47 bits per heavy atom. The molecule has 3 aliphatic rings. The predicted molar refractivity (Wildman–Crippen MR) is 63.9 cm³/mol. The van der Waals surface area contributed by atoms with Crippen LogP contribution in [-0.2, 0) is 0 Å². The van der Waals surface area contributed by atoms with Crippen LogP contribution < -0.4 is 0 Å². The van der Waals surface area contributed by atoms with Gasteiger partial charge in [0.05, 0.1) is 0 Å². The number of piperidine rings is 2. The molecule has 0 spiro atoms. The van der Waals surface area contributed by atoms with E-state index in [1.54, 1.807) is 0 Å². The number of hydrogen-bond acceptors (Lipinski definition) is 1. The highest BCUT2D eigenvalue weighted by molar-refractivity contribution is 4.91. The number of hydrogen-bond donors (Lipinski definition) is 0. The second kappa shape index (κ2) is 4.08. The quantitative estimate of drug-likeness (QED) is 0.670. The molecular formula is C14H25N. The van der Waals surface area contributed by atoms with E-state index >= 15 is 0 Å². The van der Waals surface area contributed by atoms with Crippen molar-refractivity contribution in [2.75, 3.05) is 6.54 Å². The van der Waals surface area contributed by atoms with Crippen LogP contribution in [0.1, 0.15) is 58.3 Å². The van der Waals surface area contributed by atoms with Crippen molar-refractivity contribution in [3.63, 3.8) is 0 Å². The van der Waals surface area contributed by atoms with Gasteiger partial charge in [0.25, 0.3) is 0 Å². The van der Waals surface area contributed by atoms with E-state index in [0.717, 1.165) is 23.9 Å². The van der Waals surface area contributed by atoms with E-state index in [9.17, 15) is 0 Å². The molecule has 0 unspecified atom stereocenters. The molecule has 1 aliphatic carbocycles. The van der Waals surface area contributed by atoms with Gasteiger partial charge >= 0.3 is 0 Å². The van der Waals surface area contributed by atoms with E-state index in [4.69, 9.17) is 0 Å². The third-order valence-electron chi connectivity index (χ3n) is 5.03. The molecular weight excluding hydrogens is 182 g/mol. The fourth-order valence-corrected chi connectivity index (χ4v) is 4.24. The maximum atomic E-state index is 2.91. The molecule has 0 atom stereocenters. The first kappa shape index (κ1) is 10.1. The molecule has 86 valence electrons. The summed E-state index contributed by atoms with van der Waals surface area (Å²) < 4.78 is 0. The van der Waals surface area contributed by atoms with Crippen molar-refractivity contribution in [1.82, 2.24) is 4.90 Å². The molecule has 2 saturated heterocycles. The molecule has 3 rings (SSSR count). The van der Waals surface area contributed by atoms with Crippen LogP contribution in [-0.4, -0.2) is 23.5 Å². The number of fused-ring (bicyclic) bond motifs is 2. The summed E-state index contributed by atoms with van der Waals surface area (Å²) >= 11 is 0. The van der Waals surface area contributed by atoms with E-state index in [0.29, 0.717) is 0 Å². The monoisotopic (exact) mass is 207 g/mol. The lowest BCUT2D eigenvalue weighted by Gasteiger charge is -2.49. The molecule has 0 aromatic heterocycles. The molecule has 0 radical (unpaired) electrons. The number of rotatable bonds is 2. The van der Waals surface area contributed by atoms with Crippen LogP contribution in [0.3, 0.4) is 0 Å². The van der Waals surface area contributed by atoms with Crippen LogP contribution in [0, 0.1) is 11.8 Å². The van der Waals surface area contributed by atoms with Crippen molar-refractivity contribution in [1.29, 1.82) is 0 Å². The Morgan fingerprint density at radius 1 is 0.933 bits per heavy atom. The van der Waals surface area contributed by atoms with Crippen molar-refractivity contribution < 1.29 is 0 Å². The van der Waals surface area contributed by atoms with Crippen LogP contribution in [0.15, 0.2) is 0 Å². The van der Waals surface area contributed by atoms with Crippen molar-refractivity contribution in [3.8, 4) is 0 Å². The molecule has 0 aromatic rings. The average Bonchev–Trinajstić information content (AvgIpc) is 2.15. The molecule has 1 saturated carbocycles. The Hall–Kier alpha value is -0.0400. The van der Waals surface area contributed by atoms with Gasteiger partial charge in [0.15, 0.2) is 0 Å². The standard InChI is InChI=1S/C14H25N/c1-11-8-12(9-11)10-15-13-4-2-5-14(15)7-3-6-13/h11-14H,2-10H2,1H3. The van der Waals surface area contributed by atoms with Crippen molar-refractivity contribution in [2.24, 2.45) is 11.8 Å². The summed E-state index contributed by atoms with van der Waals surface area (Å²) in [4.78, 5) is 2.91. The minimum atomic E-state index is 0.980. The lowest BCUT2D eigenvalue weighted by molar-refractivity contribution is 0.00614. The van der Waals surface area contributed by atoms with Crippen molar-refractivity contribution in [3.05, 3.63) is 0 Å². The second-order valence-corrected chi connectivity index (χ2v) is 6.31. The fraction of sp³-hybridized carbons (Fsp3) is 1.00. The van der Waals surface area contributed by atoms with E-state index in [1.807, 2.05) is 0 Å². The lowest BCUT2D eigenvalue weighted by atomic mass is 9.74. The molecule has 1 nitrogen and oxygen atoms in total. The van der Waals surface area contributed by atoms with Gasteiger partial charge in [0.2, 0.25) is 0 Å². The molecule has 15 heavy (non-hydrogen) atoms. The van der Waals surface area contributed by atoms with Crippen LogP contribution in [0.4, 0.5) is 0 Å². The van der Waals surface area contributed by atoms with E-state index in [-0.39, 0.29) is 0 Å². The summed E-state index contributed by atoms with van der Waals surface area (Å²) in [6, 6.07) is 1.96. The molecule has 2 bridgehead atoms. The first-order valence-corrected chi connectivity index (χ1v) is 7.08. The Kier molecular flexibility index (Phi) is 2.76.